The molecule has 1 aromatic heterocycles. The van der Waals surface area contributed by atoms with Gasteiger partial charge in [-0.25, -0.2) is 4.98 Å². The fraction of sp³-hybridized carbons (Fsp3) is 0.190. The van der Waals surface area contributed by atoms with Gasteiger partial charge in [0, 0.05) is 16.8 Å². The molecule has 0 saturated carbocycles. The molecular weight excluding hydrogens is 406 g/mol. The van der Waals surface area contributed by atoms with Crippen LogP contribution in [0.3, 0.4) is 0 Å². The summed E-state index contributed by atoms with van der Waals surface area (Å²) >= 11 is 2.79. The molecule has 0 aliphatic rings. The van der Waals surface area contributed by atoms with Gasteiger partial charge >= 0.3 is 0 Å². The minimum Gasteiger partial charge on any atom is -0.497 e. The van der Waals surface area contributed by atoms with Gasteiger partial charge in [-0.15, -0.1) is 11.3 Å². The molecule has 6 nitrogen and oxygen atoms in total. The first kappa shape index (κ1) is 20.9. The van der Waals surface area contributed by atoms with E-state index in [-0.39, 0.29) is 24.0 Å². The minimum absolute atomic E-state index is 0.0900. The smallest absolute Gasteiger partial charge is 0.234 e. The average Bonchev–Trinajstić information content (AvgIpc) is 3.16. The highest BCUT2D eigenvalue weighted by molar-refractivity contribution is 8.01. The number of thioether (sulfide) groups is 1. The maximum atomic E-state index is 12.2. The predicted molar refractivity (Wildman–Crippen MR) is 118 cm³/mol. The van der Waals surface area contributed by atoms with E-state index in [1.807, 2.05) is 36.6 Å². The molecule has 0 bridgehead atoms. The van der Waals surface area contributed by atoms with E-state index in [4.69, 9.17) is 4.74 Å². The van der Waals surface area contributed by atoms with Crippen LogP contribution in [0, 0.1) is 6.92 Å². The van der Waals surface area contributed by atoms with Crippen molar-refractivity contribution < 1.29 is 14.3 Å². The van der Waals surface area contributed by atoms with Crippen LogP contribution < -0.4 is 15.4 Å². The molecule has 0 unspecified atom stereocenters. The van der Waals surface area contributed by atoms with Crippen molar-refractivity contribution in [3.05, 3.63) is 65.2 Å². The molecule has 29 heavy (non-hydrogen) atoms. The highest BCUT2D eigenvalue weighted by atomic mass is 32.2. The van der Waals surface area contributed by atoms with Crippen molar-refractivity contribution in [1.29, 1.82) is 0 Å². The summed E-state index contributed by atoms with van der Waals surface area (Å²) in [5.74, 6) is 0.761. The standard InChI is InChI=1S/C21H21N3O3S2/c1-14-3-5-15(6-4-14)23-20(26)13-29-21-24-17(12-28-21)11-19(25)22-16-7-9-18(27-2)10-8-16/h3-10,12H,11,13H2,1-2H3,(H,22,25)(H,23,26). The number of nitrogens with zero attached hydrogens (tertiary/aromatic N) is 1. The number of carbonyl (C=O) groups excluding carboxylic acids is 2. The minimum atomic E-state index is -0.144. The Morgan fingerprint density at radius 3 is 2.28 bits per heavy atom. The first-order chi connectivity index (χ1) is 14.0. The van der Waals surface area contributed by atoms with Gasteiger partial charge in [0.1, 0.15) is 5.75 Å². The van der Waals surface area contributed by atoms with E-state index >= 15 is 0 Å². The lowest BCUT2D eigenvalue weighted by atomic mass is 10.2. The van der Waals surface area contributed by atoms with Crippen LogP contribution in [0.2, 0.25) is 0 Å². The summed E-state index contributed by atoms with van der Waals surface area (Å²) in [7, 11) is 1.59. The molecule has 8 heteroatoms. The lowest BCUT2D eigenvalue weighted by molar-refractivity contribution is -0.116. The van der Waals surface area contributed by atoms with Crippen molar-refractivity contribution in [2.24, 2.45) is 0 Å². The average molecular weight is 428 g/mol. The molecule has 150 valence electrons. The second-order valence-corrected chi connectivity index (χ2v) is 8.34. The number of hydrogen-bond donors (Lipinski definition) is 2. The first-order valence-electron chi connectivity index (χ1n) is 8.89. The van der Waals surface area contributed by atoms with Gasteiger partial charge < -0.3 is 15.4 Å². The Balaban J connectivity index is 1.45. The third kappa shape index (κ3) is 6.62. The summed E-state index contributed by atoms with van der Waals surface area (Å²) in [4.78, 5) is 28.7. The van der Waals surface area contributed by atoms with Crippen LogP contribution in [0.15, 0.2) is 58.3 Å². The molecule has 0 spiro atoms. The summed E-state index contributed by atoms with van der Waals surface area (Å²) in [6.45, 7) is 2.00. The van der Waals surface area contributed by atoms with Gasteiger partial charge in [-0.2, -0.15) is 0 Å². The topological polar surface area (TPSA) is 80.3 Å². The van der Waals surface area contributed by atoms with Crippen molar-refractivity contribution in [3.63, 3.8) is 0 Å². The van der Waals surface area contributed by atoms with Crippen LogP contribution >= 0.6 is 23.1 Å². The zero-order valence-corrected chi connectivity index (χ0v) is 17.7. The Morgan fingerprint density at radius 1 is 1.00 bits per heavy atom. The van der Waals surface area contributed by atoms with E-state index in [0.29, 0.717) is 11.4 Å². The van der Waals surface area contributed by atoms with Crippen molar-refractivity contribution >= 4 is 46.3 Å². The summed E-state index contributed by atoms with van der Waals surface area (Å²) in [5, 5.41) is 7.53. The number of anilines is 2. The quantitative estimate of drug-likeness (QED) is 0.522. The molecule has 2 amide bonds. The van der Waals surface area contributed by atoms with Crippen LogP contribution in [0.4, 0.5) is 11.4 Å². The number of benzene rings is 2. The van der Waals surface area contributed by atoms with Crippen LogP contribution in [0.5, 0.6) is 5.75 Å². The number of methoxy groups -OCH3 is 1. The van der Waals surface area contributed by atoms with Gasteiger partial charge in [-0.05, 0) is 43.3 Å². The van der Waals surface area contributed by atoms with Gasteiger partial charge in [0.25, 0.3) is 0 Å². The van der Waals surface area contributed by atoms with E-state index in [9.17, 15) is 9.59 Å². The third-order valence-electron chi connectivity index (χ3n) is 3.91. The first-order valence-corrected chi connectivity index (χ1v) is 10.8. The number of carbonyl (C=O) groups is 2. The second-order valence-electron chi connectivity index (χ2n) is 6.26. The highest BCUT2D eigenvalue weighted by Gasteiger charge is 2.10. The van der Waals surface area contributed by atoms with Crippen molar-refractivity contribution in [2.45, 2.75) is 17.7 Å². The number of ether oxygens (including phenoxy) is 1. The SMILES string of the molecule is COc1ccc(NC(=O)Cc2csc(SCC(=O)Nc3ccc(C)cc3)n2)cc1. The van der Waals surface area contributed by atoms with Crippen molar-refractivity contribution in [2.75, 3.05) is 23.5 Å². The summed E-state index contributed by atoms with van der Waals surface area (Å²) < 4.78 is 5.86. The summed E-state index contributed by atoms with van der Waals surface area (Å²) in [6.07, 6.45) is 0.179. The molecule has 3 aromatic rings. The Bertz CT molecular complexity index is 970. The zero-order valence-electron chi connectivity index (χ0n) is 16.1. The molecule has 0 fully saturated rings. The van der Waals surface area contributed by atoms with E-state index in [2.05, 4.69) is 15.6 Å². The predicted octanol–water partition coefficient (Wildman–Crippen LogP) is 4.37. The van der Waals surface area contributed by atoms with E-state index in [0.717, 1.165) is 21.3 Å². The number of rotatable bonds is 8. The van der Waals surface area contributed by atoms with E-state index in [1.54, 1.807) is 31.4 Å². The molecule has 0 saturated heterocycles. The molecule has 0 atom stereocenters. The fourth-order valence-electron chi connectivity index (χ4n) is 2.44. The van der Waals surface area contributed by atoms with Crippen LogP contribution in [-0.2, 0) is 16.0 Å². The molecular formula is C21H21N3O3S2. The number of aryl methyl sites for hydroxylation is 1. The molecule has 3 rings (SSSR count). The number of amides is 2. The highest BCUT2D eigenvalue weighted by Crippen LogP contribution is 2.23. The van der Waals surface area contributed by atoms with E-state index < -0.39 is 0 Å². The normalized spacial score (nSPS) is 10.4. The number of nitrogens with one attached hydrogen (secondary N) is 2. The second kappa shape index (κ2) is 10.1. The lowest BCUT2D eigenvalue weighted by Gasteiger charge is -2.05. The number of hydrogen-bond acceptors (Lipinski definition) is 6. The van der Waals surface area contributed by atoms with Crippen LogP contribution in [-0.4, -0.2) is 29.7 Å². The Morgan fingerprint density at radius 2 is 1.62 bits per heavy atom. The molecule has 0 aliphatic carbocycles. The summed E-state index contributed by atoms with van der Waals surface area (Å²) in [5.41, 5.74) is 3.30. The largest absolute Gasteiger partial charge is 0.497 e. The van der Waals surface area contributed by atoms with Crippen molar-refractivity contribution in [1.82, 2.24) is 4.98 Å². The molecule has 2 N–H and O–H groups in total. The number of aromatic nitrogens is 1. The molecule has 2 aromatic carbocycles. The van der Waals surface area contributed by atoms with Crippen LogP contribution in [0.1, 0.15) is 11.3 Å². The monoisotopic (exact) mass is 427 g/mol. The third-order valence-corrected chi connectivity index (χ3v) is 5.98. The van der Waals surface area contributed by atoms with Gasteiger partial charge in [0.05, 0.1) is 25.0 Å². The fourth-order valence-corrected chi connectivity index (χ4v) is 4.09. The Kier molecular flexibility index (Phi) is 7.26. The van der Waals surface area contributed by atoms with Crippen LogP contribution in [0.25, 0.3) is 0 Å². The van der Waals surface area contributed by atoms with Gasteiger partial charge in [0.2, 0.25) is 11.8 Å². The Hall–Kier alpha value is -2.84. The summed E-state index contributed by atoms with van der Waals surface area (Å²) in [6, 6.07) is 14.8. The Labute approximate surface area is 177 Å². The molecule has 0 radical (unpaired) electrons. The maximum Gasteiger partial charge on any atom is 0.234 e. The molecule has 1 heterocycles. The van der Waals surface area contributed by atoms with E-state index in [1.165, 1.54) is 23.1 Å². The zero-order chi connectivity index (χ0) is 20.6. The van der Waals surface area contributed by atoms with Crippen molar-refractivity contribution in [3.8, 4) is 5.75 Å². The van der Waals surface area contributed by atoms with Gasteiger partial charge in [0.15, 0.2) is 4.34 Å². The number of thiazole rings is 1. The van der Waals surface area contributed by atoms with Gasteiger partial charge in [-0.1, -0.05) is 29.5 Å². The lowest BCUT2D eigenvalue weighted by Crippen LogP contribution is -2.14. The van der Waals surface area contributed by atoms with Gasteiger partial charge in [-0.3, -0.25) is 9.59 Å². The maximum absolute atomic E-state index is 12.2. The molecule has 0 aliphatic heterocycles.